The van der Waals surface area contributed by atoms with Gasteiger partial charge >= 0.3 is 5.97 Å². The number of hydrogen-bond acceptors (Lipinski definition) is 3. The van der Waals surface area contributed by atoms with Crippen LogP contribution in [0.3, 0.4) is 0 Å². The Kier molecular flexibility index (Phi) is 2.67. The van der Waals surface area contributed by atoms with Gasteiger partial charge in [0.1, 0.15) is 0 Å². The van der Waals surface area contributed by atoms with Crippen LogP contribution in [0, 0.1) is 20.8 Å². The van der Waals surface area contributed by atoms with Crippen LogP contribution < -0.4 is 0 Å². The monoisotopic (exact) mass is 231 g/mol. The van der Waals surface area contributed by atoms with Gasteiger partial charge in [0.05, 0.1) is 11.4 Å². The number of rotatable bonds is 2. The minimum Gasteiger partial charge on any atom is -0.476 e. The first-order valence-corrected chi connectivity index (χ1v) is 5.24. The van der Waals surface area contributed by atoms with Crippen molar-refractivity contribution in [3.05, 3.63) is 40.7 Å². The zero-order valence-corrected chi connectivity index (χ0v) is 9.93. The summed E-state index contributed by atoms with van der Waals surface area (Å²) in [5.74, 6) is -1.06. The number of carbonyl (C=O) groups is 1. The summed E-state index contributed by atoms with van der Waals surface area (Å²) in [5.41, 5.74) is 3.59. The van der Waals surface area contributed by atoms with E-state index in [9.17, 15) is 4.79 Å². The first-order valence-electron chi connectivity index (χ1n) is 5.24. The number of aryl methyl sites for hydroxylation is 1. The lowest BCUT2D eigenvalue weighted by Gasteiger charge is -2.09. The molecule has 0 amide bonds. The molecule has 1 heterocycles. The summed E-state index contributed by atoms with van der Waals surface area (Å²) in [4.78, 5) is 10.9. The van der Waals surface area contributed by atoms with Gasteiger partial charge in [0.25, 0.3) is 0 Å². The number of benzene rings is 1. The van der Waals surface area contributed by atoms with Crippen LogP contribution in [0.2, 0.25) is 0 Å². The van der Waals surface area contributed by atoms with Crippen molar-refractivity contribution in [3.8, 4) is 5.69 Å². The van der Waals surface area contributed by atoms with Crippen molar-refractivity contribution in [1.82, 2.24) is 15.0 Å². The van der Waals surface area contributed by atoms with Crippen LogP contribution in [0.5, 0.6) is 0 Å². The lowest BCUT2D eigenvalue weighted by molar-refractivity contribution is 0.0689. The van der Waals surface area contributed by atoms with Crippen LogP contribution in [-0.4, -0.2) is 26.1 Å². The van der Waals surface area contributed by atoms with Gasteiger partial charge < -0.3 is 5.11 Å². The Morgan fingerprint density at radius 3 is 2.59 bits per heavy atom. The Hall–Kier alpha value is -2.17. The molecule has 0 aliphatic rings. The summed E-state index contributed by atoms with van der Waals surface area (Å²) >= 11 is 0. The molecule has 0 atom stereocenters. The standard InChI is InChI=1S/C12H13N3O2/c1-7-5-4-6-10(8(7)2)15-9(3)11(12(16)17)13-14-15/h4-6H,1-3H3,(H,16,17). The lowest BCUT2D eigenvalue weighted by atomic mass is 10.1. The largest absolute Gasteiger partial charge is 0.476 e. The molecule has 2 rings (SSSR count). The van der Waals surface area contributed by atoms with Gasteiger partial charge in [0, 0.05) is 0 Å². The van der Waals surface area contributed by atoms with Crippen molar-refractivity contribution < 1.29 is 9.90 Å². The van der Waals surface area contributed by atoms with E-state index in [1.165, 1.54) is 0 Å². The van der Waals surface area contributed by atoms with Gasteiger partial charge in [-0.3, -0.25) is 0 Å². The van der Waals surface area contributed by atoms with Crippen LogP contribution in [0.15, 0.2) is 18.2 Å². The lowest BCUT2D eigenvalue weighted by Crippen LogP contribution is -2.04. The van der Waals surface area contributed by atoms with E-state index in [-0.39, 0.29) is 5.69 Å². The highest BCUT2D eigenvalue weighted by Gasteiger charge is 2.17. The Balaban J connectivity index is 2.62. The van der Waals surface area contributed by atoms with Crippen LogP contribution in [0.4, 0.5) is 0 Å². The Bertz CT molecular complexity index is 587. The van der Waals surface area contributed by atoms with E-state index in [1.54, 1.807) is 11.6 Å². The third-order valence-corrected chi connectivity index (χ3v) is 2.90. The minimum atomic E-state index is -1.06. The maximum Gasteiger partial charge on any atom is 0.358 e. The third kappa shape index (κ3) is 1.80. The van der Waals surface area contributed by atoms with Gasteiger partial charge in [-0.15, -0.1) is 5.10 Å². The first kappa shape index (κ1) is 11.3. The summed E-state index contributed by atoms with van der Waals surface area (Å²) in [6.45, 7) is 5.68. The number of aromatic carboxylic acids is 1. The molecule has 1 aromatic carbocycles. The molecule has 1 aromatic heterocycles. The number of carboxylic acids is 1. The number of hydrogen-bond donors (Lipinski definition) is 1. The molecule has 88 valence electrons. The predicted octanol–water partition coefficient (Wildman–Crippen LogP) is 1.89. The maximum atomic E-state index is 10.9. The number of carboxylic acid groups (broad SMARTS) is 1. The first-order chi connectivity index (χ1) is 8.02. The van der Waals surface area contributed by atoms with Gasteiger partial charge in [0.15, 0.2) is 5.69 Å². The molecule has 0 radical (unpaired) electrons. The molecular weight excluding hydrogens is 218 g/mol. The quantitative estimate of drug-likeness (QED) is 0.857. The van der Waals surface area contributed by atoms with E-state index in [2.05, 4.69) is 10.3 Å². The van der Waals surface area contributed by atoms with Crippen molar-refractivity contribution in [1.29, 1.82) is 0 Å². The zero-order valence-electron chi connectivity index (χ0n) is 9.93. The predicted molar refractivity (Wildman–Crippen MR) is 62.5 cm³/mol. The van der Waals surface area contributed by atoms with Crippen molar-refractivity contribution in [2.45, 2.75) is 20.8 Å². The molecule has 5 nitrogen and oxygen atoms in total. The van der Waals surface area contributed by atoms with Crippen molar-refractivity contribution >= 4 is 5.97 Å². The summed E-state index contributed by atoms with van der Waals surface area (Å²) in [6, 6.07) is 5.82. The fraction of sp³-hybridized carbons (Fsp3) is 0.250. The van der Waals surface area contributed by atoms with E-state index in [0.717, 1.165) is 16.8 Å². The average molecular weight is 231 g/mol. The van der Waals surface area contributed by atoms with E-state index in [4.69, 9.17) is 5.11 Å². The Labute approximate surface area is 98.7 Å². The molecule has 0 aliphatic heterocycles. The van der Waals surface area contributed by atoms with Crippen molar-refractivity contribution in [2.24, 2.45) is 0 Å². The van der Waals surface area contributed by atoms with E-state index in [0.29, 0.717) is 5.69 Å². The Morgan fingerprint density at radius 1 is 1.29 bits per heavy atom. The van der Waals surface area contributed by atoms with Gasteiger partial charge in [-0.05, 0) is 38.0 Å². The molecule has 17 heavy (non-hydrogen) atoms. The van der Waals surface area contributed by atoms with Gasteiger partial charge in [-0.2, -0.15) is 0 Å². The molecule has 0 saturated carbocycles. The summed E-state index contributed by atoms with van der Waals surface area (Å²) < 4.78 is 1.56. The second kappa shape index (κ2) is 4.01. The fourth-order valence-corrected chi connectivity index (χ4v) is 1.72. The van der Waals surface area contributed by atoms with Gasteiger partial charge in [-0.25, -0.2) is 9.48 Å². The molecule has 2 aromatic rings. The molecule has 0 fully saturated rings. The summed E-state index contributed by atoms with van der Waals surface area (Å²) in [6.07, 6.45) is 0. The molecule has 0 aliphatic carbocycles. The molecule has 1 N–H and O–H groups in total. The van der Waals surface area contributed by atoms with Gasteiger partial charge in [-0.1, -0.05) is 17.3 Å². The van der Waals surface area contributed by atoms with Crippen LogP contribution in [0.25, 0.3) is 5.69 Å². The highest BCUT2D eigenvalue weighted by molar-refractivity contribution is 5.86. The van der Waals surface area contributed by atoms with E-state index >= 15 is 0 Å². The minimum absolute atomic E-state index is 0.00842. The van der Waals surface area contributed by atoms with E-state index < -0.39 is 5.97 Å². The molecule has 0 unspecified atom stereocenters. The molecule has 0 bridgehead atoms. The van der Waals surface area contributed by atoms with Crippen molar-refractivity contribution in [3.63, 3.8) is 0 Å². The summed E-state index contributed by atoms with van der Waals surface area (Å²) in [5, 5.41) is 16.5. The normalized spacial score (nSPS) is 10.5. The fourth-order valence-electron chi connectivity index (χ4n) is 1.72. The molecular formula is C12H13N3O2. The highest BCUT2D eigenvalue weighted by atomic mass is 16.4. The zero-order chi connectivity index (χ0) is 12.6. The van der Waals surface area contributed by atoms with E-state index in [1.807, 2.05) is 32.0 Å². The maximum absolute atomic E-state index is 10.9. The van der Waals surface area contributed by atoms with Crippen molar-refractivity contribution in [2.75, 3.05) is 0 Å². The molecule has 0 spiro atoms. The Morgan fingerprint density at radius 2 is 2.00 bits per heavy atom. The van der Waals surface area contributed by atoms with Gasteiger partial charge in [0.2, 0.25) is 0 Å². The topological polar surface area (TPSA) is 68.0 Å². The second-order valence-electron chi connectivity index (χ2n) is 3.96. The average Bonchev–Trinajstić information content (AvgIpc) is 2.64. The molecule has 0 saturated heterocycles. The molecule has 5 heteroatoms. The second-order valence-corrected chi connectivity index (χ2v) is 3.96. The summed E-state index contributed by atoms with van der Waals surface area (Å²) in [7, 11) is 0. The van der Waals surface area contributed by atoms with Crippen LogP contribution >= 0.6 is 0 Å². The highest BCUT2D eigenvalue weighted by Crippen LogP contribution is 2.19. The third-order valence-electron chi connectivity index (χ3n) is 2.90. The number of aromatic nitrogens is 3. The SMILES string of the molecule is Cc1cccc(-n2nnc(C(=O)O)c2C)c1C. The smallest absolute Gasteiger partial charge is 0.358 e. The number of nitrogens with zero attached hydrogens (tertiary/aromatic N) is 3. The van der Waals surface area contributed by atoms with Crippen LogP contribution in [-0.2, 0) is 0 Å². The van der Waals surface area contributed by atoms with Crippen LogP contribution in [0.1, 0.15) is 27.3 Å².